The Morgan fingerprint density at radius 3 is 3.00 bits per heavy atom. The van der Waals surface area contributed by atoms with Gasteiger partial charge in [0.05, 0.1) is 4.47 Å². The lowest BCUT2D eigenvalue weighted by molar-refractivity contribution is 0.173. The lowest BCUT2D eigenvalue weighted by Gasteiger charge is -2.13. The van der Waals surface area contributed by atoms with E-state index in [1.807, 2.05) is 0 Å². The smallest absolute Gasteiger partial charge is 0.231 e. The molecule has 2 aliphatic rings. The molecule has 1 atom stereocenters. The number of benzene rings is 1. The zero-order valence-corrected chi connectivity index (χ0v) is 11.5. The molecule has 1 aromatic rings. The van der Waals surface area contributed by atoms with Crippen LogP contribution in [0.3, 0.4) is 0 Å². The summed E-state index contributed by atoms with van der Waals surface area (Å²) in [4.78, 5) is 0. The van der Waals surface area contributed by atoms with Gasteiger partial charge in [0.2, 0.25) is 6.79 Å². The Morgan fingerprint density at radius 1 is 1.41 bits per heavy atom. The zero-order valence-electron chi connectivity index (χ0n) is 9.88. The lowest BCUT2D eigenvalue weighted by Crippen LogP contribution is -2.11. The Labute approximate surface area is 110 Å². The highest BCUT2D eigenvalue weighted by Crippen LogP contribution is 2.43. The number of rotatable bonds is 2. The Hall–Kier alpha value is -0.740. The molecule has 2 heterocycles. The molecule has 0 saturated carbocycles. The second-order valence-corrected chi connectivity index (χ2v) is 5.62. The second-order valence-electron chi connectivity index (χ2n) is 4.77. The summed E-state index contributed by atoms with van der Waals surface area (Å²) in [6.45, 7) is 4.74. The number of halogens is 1. The monoisotopic (exact) mass is 297 g/mol. The first-order valence-corrected chi connectivity index (χ1v) is 6.83. The molecule has 0 amide bonds. The van der Waals surface area contributed by atoms with E-state index in [4.69, 9.17) is 9.47 Å². The van der Waals surface area contributed by atoms with Gasteiger partial charge in [-0.05, 0) is 71.9 Å². The van der Waals surface area contributed by atoms with Crippen LogP contribution in [-0.4, -0.2) is 19.9 Å². The fourth-order valence-electron chi connectivity index (χ4n) is 2.62. The van der Waals surface area contributed by atoms with Crippen molar-refractivity contribution in [2.75, 3.05) is 19.9 Å². The number of hydrogen-bond acceptors (Lipinski definition) is 3. The average Bonchev–Trinajstić information content (AvgIpc) is 2.96. The summed E-state index contributed by atoms with van der Waals surface area (Å²) in [5.74, 6) is 2.53. The van der Waals surface area contributed by atoms with Crippen LogP contribution in [-0.2, 0) is 6.42 Å². The molecule has 0 aliphatic carbocycles. The number of ether oxygens (including phenoxy) is 2. The molecule has 4 heteroatoms. The van der Waals surface area contributed by atoms with Gasteiger partial charge in [0, 0.05) is 0 Å². The van der Waals surface area contributed by atoms with Gasteiger partial charge in [-0.15, -0.1) is 0 Å². The van der Waals surface area contributed by atoms with Crippen LogP contribution in [0.5, 0.6) is 11.5 Å². The van der Waals surface area contributed by atoms with E-state index < -0.39 is 0 Å². The van der Waals surface area contributed by atoms with Crippen LogP contribution in [0.4, 0.5) is 0 Å². The maximum absolute atomic E-state index is 5.55. The maximum atomic E-state index is 5.55. The van der Waals surface area contributed by atoms with Gasteiger partial charge in [0.25, 0.3) is 0 Å². The molecule has 1 N–H and O–H groups in total. The number of fused-ring (bicyclic) bond motifs is 1. The SMILES string of the molecule is Cc1c(CC2CCNC2)cc(Br)c2c1OCO2. The minimum Gasteiger partial charge on any atom is -0.453 e. The molecular formula is C13H16BrNO2. The van der Waals surface area contributed by atoms with E-state index in [0.717, 1.165) is 41.4 Å². The van der Waals surface area contributed by atoms with Crippen molar-refractivity contribution in [3.8, 4) is 11.5 Å². The van der Waals surface area contributed by atoms with Crippen molar-refractivity contribution in [2.24, 2.45) is 5.92 Å². The van der Waals surface area contributed by atoms with Gasteiger partial charge in [-0.3, -0.25) is 0 Å². The molecular weight excluding hydrogens is 282 g/mol. The topological polar surface area (TPSA) is 30.5 Å². The minimum atomic E-state index is 0.337. The number of hydrogen-bond donors (Lipinski definition) is 1. The molecule has 0 bridgehead atoms. The van der Waals surface area contributed by atoms with E-state index in [0.29, 0.717) is 6.79 Å². The fraction of sp³-hybridized carbons (Fsp3) is 0.538. The average molecular weight is 298 g/mol. The number of nitrogens with one attached hydrogen (secondary N) is 1. The van der Waals surface area contributed by atoms with Gasteiger partial charge in [0.1, 0.15) is 0 Å². The molecule has 1 unspecified atom stereocenters. The summed E-state index contributed by atoms with van der Waals surface area (Å²) in [5.41, 5.74) is 2.60. The summed E-state index contributed by atoms with van der Waals surface area (Å²) in [6, 6.07) is 2.18. The predicted octanol–water partition coefficient (Wildman–Crippen LogP) is 2.64. The second kappa shape index (κ2) is 4.50. The standard InChI is InChI=1S/C13H16BrNO2/c1-8-10(4-9-2-3-15-6-9)5-11(14)13-12(8)16-7-17-13/h5,9,15H,2-4,6-7H2,1H3. The van der Waals surface area contributed by atoms with Gasteiger partial charge in [0.15, 0.2) is 11.5 Å². The lowest BCUT2D eigenvalue weighted by atomic mass is 9.95. The first-order valence-electron chi connectivity index (χ1n) is 6.04. The molecule has 0 radical (unpaired) electrons. The Morgan fingerprint density at radius 2 is 2.24 bits per heavy atom. The van der Waals surface area contributed by atoms with Crippen LogP contribution in [0.25, 0.3) is 0 Å². The molecule has 1 saturated heterocycles. The van der Waals surface area contributed by atoms with Gasteiger partial charge < -0.3 is 14.8 Å². The van der Waals surface area contributed by atoms with Crippen molar-refractivity contribution in [1.82, 2.24) is 5.32 Å². The van der Waals surface area contributed by atoms with Crippen molar-refractivity contribution in [3.63, 3.8) is 0 Å². The molecule has 3 rings (SSSR count). The van der Waals surface area contributed by atoms with Crippen molar-refractivity contribution >= 4 is 15.9 Å². The highest BCUT2D eigenvalue weighted by atomic mass is 79.9. The van der Waals surface area contributed by atoms with E-state index >= 15 is 0 Å². The Bertz CT molecular complexity index is 442. The van der Waals surface area contributed by atoms with Crippen molar-refractivity contribution in [1.29, 1.82) is 0 Å². The van der Waals surface area contributed by atoms with Crippen molar-refractivity contribution in [2.45, 2.75) is 19.8 Å². The zero-order chi connectivity index (χ0) is 11.8. The molecule has 17 heavy (non-hydrogen) atoms. The highest BCUT2D eigenvalue weighted by Gasteiger charge is 2.24. The van der Waals surface area contributed by atoms with Crippen molar-refractivity contribution in [3.05, 3.63) is 21.7 Å². The maximum Gasteiger partial charge on any atom is 0.231 e. The third-order valence-corrected chi connectivity index (χ3v) is 4.21. The van der Waals surface area contributed by atoms with Gasteiger partial charge in [-0.2, -0.15) is 0 Å². The minimum absolute atomic E-state index is 0.337. The fourth-order valence-corrected chi connectivity index (χ4v) is 3.19. The summed E-state index contributed by atoms with van der Waals surface area (Å²) in [7, 11) is 0. The third-order valence-electron chi connectivity index (χ3n) is 3.62. The summed E-state index contributed by atoms with van der Waals surface area (Å²) < 4.78 is 12.0. The molecule has 2 aliphatic heterocycles. The molecule has 92 valence electrons. The van der Waals surface area contributed by atoms with Crippen LogP contribution in [0, 0.1) is 12.8 Å². The quantitative estimate of drug-likeness (QED) is 0.910. The molecule has 3 nitrogen and oxygen atoms in total. The van der Waals surface area contributed by atoms with E-state index in [1.165, 1.54) is 17.5 Å². The highest BCUT2D eigenvalue weighted by molar-refractivity contribution is 9.10. The normalized spacial score (nSPS) is 22.1. The van der Waals surface area contributed by atoms with Crippen LogP contribution in [0.2, 0.25) is 0 Å². The van der Waals surface area contributed by atoms with Crippen molar-refractivity contribution < 1.29 is 9.47 Å². The molecule has 1 fully saturated rings. The molecule has 0 spiro atoms. The van der Waals surface area contributed by atoms with Crippen LogP contribution in [0.1, 0.15) is 17.5 Å². The first-order chi connectivity index (χ1) is 8.25. The Balaban J connectivity index is 1.91. The van der Waals surface area contributed by atoms with Gasteiger partial charge in [-0.25, -0.2) is 0 Å². The van der Waals surface area contributed by atoms with E-state index in [2.05, 4.69) is 34.2 Å². The van der Waals surface area contributed by atoms with E-state index in [9.17, 15) is 0 Å². The largest absolute Gasteiger partial charge is 0.453 e. The van der Waals surface area contributed by atoms with Gasteiger partial charge in [-0.1, -0.05) is 0 Å². The first kappa shape index (κ1) is 11.4. The summed E-state index contributed by atoms with van der Waals surface area (Å²) in [6.07, 6.45) is 2.39. The van der Waals surface area contributed by atoms with Crippen LogP contribution in [0.15, 0.2) is 10.5 Å². The third kappa shape index (κ3) is 2.04. The van der Waals surface area contributed by atoms with E-state index in [-0.39, 0.29) is 0 Å². The predicted molar refractivity (Wildman–Crippen MR) is 69.7 cm³/mol. The summed E-state index contributed by atoms with van der Waals surface area (Å²) in [5, 5.41) is 3.41. The molecule has 1 aromatic carbocycles. The summed E-state index contributed by atoms with van der Waals surface area (Å²) >= 11 is 3.56. The van der Waals surface area contributed by atoms with E-state index in [1.54, 1.807) is 0 Å². The van der Waals surface area contributed by atoms with Gasteiger partial charge >= 0.3 is 0 Å². The van der Waals surface area contributed by atoms with Crippen LogP contribution < -0.4 is 14.8 Å². The van der Waals surface area contributed by atoms with Crippen LogP contribution >= 0.6 is 15.9 Å². The molecule has 0 aromatic heterocycles. The Kier molecular flexibility index (Phi) is 3.01.